The van der Waals surface area contributed by atoms with E-state index in [2.05, 4.69) is 110 Å². The van der Waals surface area contributed by atoms with Crippen molar-refractivity contribution in [2.24, 2.45) is 0 Å². The van der Waals surface area contributed by atoms with Gasteiger partial charge in [0.05, 0.1) is 0 Å². The van der Waals surface area contributed by atoms with Crippen molar-refractivity contribution in [1.29, 1.82) is 0 Å². The lowest BCUT2D eigenvalue weighted by Gasteiger charge is -2.34. The van der Waals surface area contributed by atoms with Crippen LogP contribution in [0.25, 0.3) is 0 Å². The van der Waals surface area contributed by atoms with Gasteiger partial charge in [0, 0.05) is 14.1 Å². The molecule has 0 amide bonds. The van der Waals surface area contributed by atoms with Crippen molar-refractivity contribution in [3.8, 4) is 0 Å². The Morgan fingerprint density at radius 1 is 0.720 bits per heavy atom. The fourth-order valence-electron chi connectivity index (χ4n) is 3.06. The van der Waals surface area contributed by atoms with E-state index in [0.717, 1.165) is 6.42 Å². The second kappa shape index (κ2) is 8.94. The van der Waals surface area contributed by atoms with Gasteiger partial charge in [0.25, 0.3) is 0 Å². The number of hydrogen-bond donors (Lipinski definition) is 0. The molecule has 1 atom stereocenters. The largest absolute Gasteiger partial charge is 0.275 e. The molecule has 3 rings (SSSR count). The van der Waals surface area contributed by atoms with Gasteiger partial charge in [-0.25, -0.2) is 0 Å². The Morgan fingerprint density at radius 2 is 1.16 bits per heavy atom. The molecule has 0 aromatic heterocycles. The van der Waals surface area contributed by atoms with Crippen molar-refractivity contribution < 1.29 is 0 Å². The summed E-state index contributed by atoms with van der Waals surface area (Å²) in [5.41, 5.74) is 1.42. The summed E-state index contributed by atoms with van der Waals surface area (Å²) in [5.74, 6) is 0. The number of nitrogens with zero attached hydrogens (tertiary/aromatic N) is 1. The number of aryl methyl sites for hydroxylation is 1. The Labute approximate surface area is 153 Å². The molecule has 2 heteroatoms. The molecule has 0 fully saturated rings. The van der Waals surface area contributed by atoms with Crippen LogP contribution < -0.4 is 10.6 Å². The van der Waals surface area contributed by atoms with Crippen LogP contribution in [0.1, 0.15) is 18.9 Å². The second-order valence-corrected chi connectivity index (χ2v) is 8.72. The molecule has 1 nitrogen and oxygen atoms in total. The summed E-state index contributed by atoms with van der Waals surface area (Å²) in [7, 11) is 1.78. The van der Waals surface area contributed by atoms with Gasteiger partial charge in [-0.1, -0.05) is 91.0 Å². The molecule has 0 aliphatic rings. The lowest BCUT2D eigenvalue weighted by molar-refractivity contribution is 0.404. The fourth-order valence-corrected chi connectivity index (χ4v) is 5.50. The normalized spacial score (nSPS) is 12.5. The number of hydrogen-bond acceptors (Lipinski definition) is 1. The molecule has 25 heavy (non-hydrogen) atoms. The molecule has 0 heterocycles. The Bertz CT molecular complexity index is 703. The van der Waals surface area contributed by atoms with E-state index in [9.17, 15) is 0 Å². The molecule has 1 unspecified atom stereocenters. The molecule has 0 spiro atoms. The average Bonchev–Trinajstić information content (AvgIpc) is 2.69. The van der Waals surface area contributed by atoms with Crippen LogP contribution in [-0.4, -0.2) is 17.8 Å². The van der Waals surface area contributed by atoms with Gasteiger partial charge in [0.2, 0.25) is 0 Å². The van der Waals surface area contributed by atoms with Gasteiger partial charge in [0.15, 0.2) is 0 Å². The minimum atomic E-state index is -0.499. The van der Waals surface area contributed by atoms with E-state index < -0.39 is 8.07 Å². The maximum atomic E-state index is 2.57. The van der Waals surface area contributed by atoms with Crippen molar-refractivity contribution in [1.82, 2.24) is 4.67 Å². The zero-order valence-corrected chi connectivity index (χ0v) is 15.9. The highest BCUT2D eigenvalue weighted by atomic mass is 31.1. The summed E-state index contributed by atoms with van der Waals surface area (Å²) in [6, 6.07) is 33.2. The first-order valence-corrected chi connectivity index (χ1v) is 10.2. The van der Waals surface area contributed by atoms with Crippen LogP contribution in [0.15, 0.2) is 91.0 Å². The number of rotatable bonds is 7. The van der Waals surface area contributed by atoms with Gasteiger partial charge in [-0.2, -0.15) is 0 Å². The molecule has 0 radical (unpaired) electrons. The standard InChI is InChI=1S/C23H26NP/c1-20(18-19-21-12-6-3-7-13-21)24(2)25(22-14-8-4-9-15-22)23-16-10-5-11-17-23/h3-17,20H,18-19H2,1-2H3. The molecule has 0 aliphatic heterocycles. The van der Waals surface area contributed by atoms with Gasteiger partial charge in [0.1, 0.15) is 0 Å². The average molecular weight is 347 g/mol. The van der Waals surface area contributed by atoms with Crippen LogP contribution >= 0.6 is 8.07 Å². The summed E-state index contributed by atoms with van der Waals surface area (Å²) in [6.07, 6.45) is 2.29. The monoisotopic (exact) mass is 347 g/mol. The van der Waals surface area contributed by atoms with Crippen LogP contribution in [0.3, 0.4) is 0 Å². The number of benzene rings is 3. The van der Waals surface area contributed by atoms with Crippen molar-refractivity contribution in [2.45, 2.75) is 25.8 Å². The summed E-state index contributed by atoms with van der Waals surface area (Å²) >= 11 is 0. The minimum Gasteiger partial charge on any atom is -0.275 e. The van der Waals surface area contributed by atoms with Gasteiger partial charge in [-0.3, -0.25) is 4.67 Å². The van der Waals surface area contributed by atoms with Crippen molar-refractivity contribution in [3.63, 3.8) is 0 Å². The molecular weight excluding hydrogens is 321 g/mol. The van der Waals surface area contributed by atoms with Crippen LogP contribution in [0, 0.1) is 0 Å². The Hall–Kier alpha value is -1.95. The topological polar surface area (TPSA) is 3.24 Å². The van der Waals surface area contributed by atoms with Gasteiger partial charge in [-0.15, -0.1) is 0 Å². The first-order chi connectivity index (χ1) is 12.3. The van der Waals surface area contributed by atoms with Crippen molar-refractivity contribution in [2.75, 3.05) is 7.05 Å². The maximum Gasteiger partial charge on any atom is 0.0281 e. The minimum absolute atomic E-state index is 0.499. The highest BCUT2D eigenvalue weighted by molar-refractivity contribution is 7.70. The Morgan fingerprint density at radius 3 is 1.64 bits per heavy atom. The molecule has 0 saturated carbocycles. The fraction of sp³-hybridized carbons (Fsp3) is 0.217. The van der Waals surface area contributed by atoms with Gasteiger partial charge < -0.3 is 0 Å². The quantitative estimate of drug-likeness (QED) is 0.544. The van der Waals surface area contributed by atoms with E-state index in [1.54, 1.807) is 0 Å². The van der Waals surface area contributed by atoms with E-state index in [-0.39, 0.29) is 0 Å². The highest BCUT2D eigenvalue weighted by Gasteiger charge is 2.23. The van der Waals surface area contributed by atoms with E-state index in [1.165, 1.54) is 22.6 Å². The third kappa shape index (κ3) is 4.78. The second-order valence-electron chi connectivity index (χ2n) is 6.43. The molecular formula is C23H26NP. The lowest BCUT2D eigenvalue weighted by atomic mass is 10.1. The van der Waals surface area contributed by atoms with Crippen molar-refractivity contribution >= 4 is 18.7 Å². The molecule has 3 aromatic rings. The maximum absolute atomic E-state index is 2.57. The SMILES string of the molecule is CC(CCc1ccccc1)N(C)P(c1ccccc1)c1ccccc1. The van der Waals surface area contributed by atoms with E-state index in [0.29, 0.717) is 6.04 Å². The van der Waals surface area contributed by atoms with Crippen molar-refractivity contribution in [3.05, 3.63) is 96.6 Å². The third-order valence-electron chi connectivity index (χ3n) is 4.65. The summed E-state index contributed by atoms with van der Waals surface area (Å²) in [4.78, 5) is 0. The predicted octanol–water partition coefficient (Wildman–Crippen LogP) is 4.99. The molecule has 0 bridgehead atoms. The molecule has 0 aliphatic carbocycles. The lowest BCUT2D eigenvalue weighted by Crippen LogP contribution is -2.32. The van der Waals surface area contributed by atoms with Crippen LogP contribution in [-0.2, 0) is 6.42 Å². The molecule has 0 saturated heterocycles. The summed E-state index contributed by atoms with van der Waals surface area (Å²) in [6.45, 7) is 2.35. The summed E-state index contributed by atoms with van der Waals surface area (Å²) in [5, 5.41) is 2.83. The third-order valence-corrected chi connectivity index (χ3v) is 7.25. The molecule has 0 N–H and O–H groups in total. The van der Waals surface area contributed by atoms with Gasteiger partial charge >= 0.3 is 0 Å². The smallest absolute Gasteiger partial charge is 0.0281 e. The Balaban J connectivity index is 1.78. The predicted molar refractivity (Wildman–Crippen MR) is 111 cm³/mol. The first kappa shape index (κ1) is 17.9. The zero-order chi connectivity index (χ0) is 17.5. The van der Waals surface area contributed by atoms with Crippen LogP contribution in [0.5, 0.6) is 0 Å². The van der Waals surface area contributed by atoms with E-state index in [4.69, 9.17) is 0 Å². The van der Waals surface area contributed by atoms with E-state index in [1.807, 2.05) is 0 Å². The van der Waals surface area contributed by atoms with E-state index >= 15 is 0 Å². The van der Waals surface area contributed by atoms with Gasteiger partial charge in [-0.05, 0) is 43.0 Å². The highest BCUT2D eigenvalue weighted by Crippen LogP contribution is 2.39. The molecule has 128 valence electrons. The van der Waals surface area contributed by atoms with Crippen LogP contribution in [0.2, 0.25) is 0 Å². The van der Waals surface area contributed by atoms with Crippen LogP contribution in [0.4, 0.5) is 0 Å². The molecule has 3 aromatic carbocycles. The first-order valence-electron chi connectivity index (χ1n) is 8.92. The summed E-state index contributed by atoms with van der Waals surface area (Å²) < 4.78 is 2.57. The Kier molecular flexibility index (Phi) is 6.39. The zero-order valence-electron chi connectivity index (χ0n) is 15.0.